The Morgan fingerprint density at radius 1 is 1.04 bits per heavy atom. The van der Waals surface area contributed by atoms with Gasteiger partial charge in [-0.1, -0.05) is 25.3 Å². The monoisotopic (exact) mass is 387 g/mol. The number of urea groups is 1. The van der Waals surface area contributed by atoms with Gasteiger partial charge in [0.05, 0.1) is 5.92 Å². The van der Waals surface area contributed by atoms with Crippen LogP contribution in [0.15, 0.2) is 18.2 Å². The minimum atomic E-state index is -0.153. The zero-order valence-corrected chi connectivity index (χ0v) is 16.2. The molecule has 2 fully saturated rings. The number of hydrogen-bond acceptors (Lipinski definition) is 4. The molecule has 1 atom stereocenters. The molecule has 2 heterocycles. The molecule has 1 aliphatic carbocycles. The lowest BCUT2D eigenvalue weighted by molar-refractivity contribution is -0.126. The Labute approximate surface area is 165 Å². The lowest BCUT2D eigenvalue weighted by atomic mass is 9.95. The Morgan fingerprint density at radius 3 is 2.71 bits per heavy atom. The van der Waals surface area contributed by atoms with Crippen LogP contribution in [0.4, 0.5) is 4.79 Å². The summed E-state index contributed by atoms with van der Waals surface area (Å²) in [7, 11) is 0. The number of piperidine rings is 1. The van der Waals surface area contributed by atoms with Crippen molar-refractivity contribution in [1.29, 1.82) is 0 Å². The van der Waals surface area contributed by atoms with Crippen molar-refractivity contribution in [3.05, 3.63) is 23.8 Å². The van der Waals surface area contributed by atoms with Gasteiger partial charge in [0.25, 0.3) is 0 Å². The van der Waals surface area contributed by atoms with E-state index in [1.54, 1.807) is 0 Å². The first-order valence-electron chi connectivity index (χ1n) is 10.4. The maximum absolute atomic E-state index is 12.6. The Bertz CT molecular complexity index is 718. The van der Waals surface area contributed by atoms with Gasteiger partial charge in [0.2, 0.25) is 12.7 Å². The summed E-state index contributed by atoms with van der Waals surface area (Å²) in [4.78, 5) is 27.0. The van der Waals surface area contributed by atoms with Gasteiger partial charge in [-0.3, -0.25) is 4.79 Å². The molecule has 0 aromatic heterocycles. The fourth-order valence-corrected chi connectivity index (χ4v) is 4.27. The number of benzene rings is 1. The molecule has 4 rings (SSSR count). The summed E-state index contributed by atoms with van der Waals surface area (Å²) >= 11 is 0. The molecule has 0 bridgehead atoms. The van der Waals surface area contributed by atoms with E-state index < -0.39 is 0 Å². The molecule has 0 radical (unpaired) electrons. The summed E-state index contributed by atoms with van der Waals surface area (Å²) in [6, 6.07) is 5.97. The lowest BCUT2D eigenvalue weighted by Crippen LogP contribution is -2.51. The van der Waals surface area contributed by atoms with E-state index in [-0.39, 0.29) is 24.6 Å². The molecule has 1 saturated carbocycles. The quantitative estimate of drug-likeness (QED) is 0.833. The van der Waals surface area contributed by atoms with E-state index >= 15 is 0 Å². The minimum absolute atomic E-state index is 0.00725. The van der Waals surface area contributed by atoms with Gasteiger partial charge in [0.15, 0.2) is 11.5 Å². The second kappa shape index (κ2) is 8.71. The highest BCUT2D eigenvalue weighted by Gasteiger charge is 2.29. The summed E-state index contributed by atoms with van der Waals surface area (Å²) in [6.45, 7) is 1.90. The van der Waals surface area contributed by atoms with Gasteiger partial charge < -0.3 is 25.0 Å². The van der Waals surface area contributed by atoms with Crippen LogP contribution < -0.4 is 20.1 Å². The molecular weight excluding hydrogens is 358 g/mol. The predicted octanol–water partition coefficient (Wildman–Crippen LogP) is 2.79. The Balaban J connectivity index is 1.26. The van der Waals surface area contributed by atoms with Gasteiger partial charge in [0.1, 0.15) is 0 Å². The second-order valence-electron chi connectivity index (χ2n) is 7.98. The zero-order valence-electron chi connectivity index (χ0n) is 16.2. The summed E-state index contributed by atoms with van der Waals surface area (Å²) in [6.07, 6.45) is 7.46. The van der Waals surface area contributed by atoms with Crippen LogP contribution in [0.2, 0.25) is 0 Å². The summed E-state index contributed by atoms with van der Waals surface area (Å²) < 4.78 is 10.7. The van der Waals surface area contributed by atoms with Crippen LogP contribution in [-0.4, -0.2) is 42.8 Å². The van der Waals surface area contributed by atoms with E-state index in [1.807, 2.05) is 23.1 Å². The largest absolute Gasteiger partial charge is 0.454 e. The number of carbonyl (C=O) groups excluding carboxylic acids is 2. The Kier molecular flexibility index (Phi) is 5.88. The molecular formula is C21H29N3O4. The molecule has 2 N–H and O–H groups in total. The van der Waals surface area contributed by atoms with E-state index in [0.29, 0.717) is 19.1 Å². The van der Waals surface area contributed by atoms with Gasteiger partial charge in [0, 0.05) is 25.7 Å². The van der Waals surface area contributed by atoms with E-state index in [4.69, 9.17) is 9.47 Å². The minimum Gasteiger partial charge on any atom is -0.454 e. The van der Waals surface area contributed by atoms with Crippen LogP contribution in [0.5, 0.6) is 11.5 Å². The Morgan fingerprint density at radius 2 is 1.86 bits per heavy atom. The molecule has 7 nitrogen and oxygen atoms in total. The maximum atomic E-state index is 12.6. The molecule has 3 aliphatic rings. The van der Waals surface area contributed by atoms with Crippen molar-refractivity contribution >= 4 is 11.9 Å². The average molecular weight is 387 g/mol. The molecule has 152 valence electrons. The summed E-state index contributed by atoms with van der Waals surface area (Å²) in [5.74, 6) is 1.31. The molecule has 28 heavy (non-hydrogen) atoms. The van der Waals surface area contributed by atoms with Crippen molar-refractivity contribution < 1.29 is 19.1 Å². The van der Waals surface area contributed by atoms with E-state index in [9.17, 15) is 9.59 Å². The summed E-state index contributed by atoms with van der Waals surface area (Å²) in [5, 5.41) is 6.17. The number of fused-ring (bicyclic) bond motifs is 1. The first-order chi connectivity index (χ1) is 13.7. The number of amides is 3. The second-order valence-corrected chi connectivity index (χ2v) is 7.98. The standard InChI is InChI=1S/C21H29N3O4/c25-20(22-12-15-8-9-18-19(11-15)28-14-27-18)16-5-4-10-24(13-16)21(26)23-17-6-2-1-3-7-17/h8-9,11,16-17H,1-7,10,12-14H2,(H,22,25)(H,23,26)/t16-/m0/s1. The van der Waals surface area contributed by atoms with Crippen LogP contribution in [0.1, 0.15) is 50.5 Å². The van der Waals surface area contributed by atoms with Crippen LogP contribution >= 0.6 is 0 Å². The maximum Gasteiger partial charge on any atom is 0.317 e. The molecule has 1 aromatic rings. The van der Waals surface area contributed by atoms with Crippen molar-refractivity contribution in [1.82, 2.24) is 15.5 Å². The van der Waals surface area contributed by atoms with Crippen molar-refractivity contribution in [3.8, 4) is 11.5 Å². The number of ether oxygens (including phenoxy) is 2. The zero-order chi connectivity index (χ0) is 19.3. The van der Waals surface area contributed by atoms with Crippen LogP contribution in [0.3, 0.4) is 0 Å². The molecule has 3 amide bonds. The number of hydrogen-bond donors (Lipinski definition) is 2. The van der Waals surface area contributed by atoms with Gasteiger partial charge in [-0.25, -0.2) is 4.79 Å². The van der Waals surface area contributed by atoms with Gasteiger partial charge in [-0.15, -0.1) is 0 Å². The normalized spacial score (nSPS) is 22.0. The van der Waals surface area contributed by atoms with E-state index in [1.165, 1.54) is 19.3 Å². The number of rotatable bonds is 4. The van der Waals surface area contributed by atoms with Crippen molar-refractivity contribution in [2.24, 2.45) is 5.92 Å². The first-order valence-corrected chi connectivity index (χ1v) is 10.4. The number of nitrogens with zero attached hydrogens (tertiary/aromatic N) is 1. The van der Waals surface area contributed by atoms with Crippen molar-refractivity contribution in [2.45, 2.75) is 57.5 Å². The molecule has 2 aliphatic heterocycles. The highest BCUT2D eigenvalue weighted by Crippen LogP contribution is 2.32. The van der Waals surface area contributed by atoms with Gasteiger partial charge in [-0.05, 0) is 43.4 Å². The van der Waals surface area contributed by atoms with Crippen molar-refractivity contribution in [3.63, 3.8) is 0 Å². The first kappa shape index (κ1) is 18.9. The third-order valence-electron chi connectivity index (χ3n) is 5.92. The molecule has 1 aromatic carbocycles. The SMILES string of the molecule is O=C(NCc1ccc2c(c1)OCO2)[C@H]1CCCN(C(=O)NC2CCCCC2)C1. The number of likely N-dealkylation sites (tertiary alicyclic amines) is 1. The fourth-order valence-electron chi connectivity index (χ4n) is 4.27. The van der Waals surface area contributed by atoms with Gasteiger partial charge in [-0.2, -0.15) is 0 Å². The van der Waals surface area contributed by atoms with E-state index in [2.05, 4.69) is 10.6 Å². The molecule has 0 unspecified atom stereocenters. The molecule has 7 heteroatoms. The smallest absolute Gasteiger partial charge is 0.317 e. The highest BCUT2D eigenvalue weighted by atomic mass is 16.7. The molecule has 0 spiro atoms. The van der Waals surface area contributed by atoms with Crippen LogP contribution in [0.25, 0.3) is 0 Å². The van der Waals surface area contributed by atoms with E-state index in [0.717, 1.165) is 49.3 Å². The number of nitrogens with one attached hydrogen (secondary N) is 2. The lowest BCUT2D eigenvalue weighted by Gasteiger charge is -2.34. The van der Waals surface area contributed by atoms with Crippen LogP contribution in [-0.2, 0) is 11.3 Å². The third-order valence-corrected chi connectivity index (χ3v) is 5.92. The summed E-state index contributed by atoms with van der Waals surface area (Å²) in [5.41, 5.74) is 0.973. The predicted molar refractivity (Wildman–Crippen MR) is 104 cm³/mol. The fraction of sp³-hybridized carbons (Fsp3) is 0.619. The van der Waals surface area contributed by atoms with Crippen molar-refractivity contribution in [2.75, 3.05) is 19.9 Å². The molecule has 1 saturated heterocycles. The number of carbonyl (C=O) groups is 2. The third kappa shape index (κ3) is 4.51. The van der Waals surface area contributed by atoms with Crippen LogP contribution in [0, 0.1) is 5.92 Å². The van der Waals surface area contributed by atoms with Gasteiger partial charge >= 0.3 is 6.03 Å². The Hall–Kier alpha value is -2.44. The average Bonchev–Trinajstić information content (AvgIpc) is 3.20. The highest BCUT2D eigenvalue weighted by molar-refractivity contribution is 5.81. The topological polar surface area (TPSA) is 79.9 Å².